The molecule has 0 radical (unpaired) electrons. The van der Waals surface area contributed by atoms with E-state index < -0.39 is 0 Å². The smallest absolute Gasteiger partial charge is 0.240 e. The van der Waals surface area contributed by atoms with E-state index in [1.807, 2.05) is 24.3 Å². The van der Waals surface area contributed by atoms with Crippen LogP contribution >= 0.6 is 11.6 Å². The molecule has 0 aliphatic rings. The molecular formula is C9H9ClN4. The molecule has 1 aromatic carbocycles. The van der Waals surface area contributed by atoms with Gasteiger partial charge < -0.3 is 5.73 Å². The molecule has 0 fully saturated rings. The quantitative estimate of drug-likeness (QED) is 0.777. The second-order valence-electron chi connectivity index (χ2n) is 2.92. The predicted molar refractivity (Wildman–Crippen MR) is 55.9 cm³/mol. The summed E-state index contributed by atoms with van der Waals surface area (Å²) in [6.45, 7) is 0. The average Bonchev–Trinajstić information content (AvgIpc) is 2.47. The normalized spacial score (nSPS) is 10.4. The molecule has 0 aliphatic carbocycles. The number of aryl methyl sites for hydroxylation is 1. The zero-order chi connectivity index (χ0) is 10.1. The van der Waals surface area contributed by atoms with E-state index in [1.54, 1.807) is 11.7 Å². The van der Waals surface area contributed by atoms with E-state index in [1.165, 1.54) is 0 Å². The number of nitrogen functional groups attached to an aromatic ring is 1. The Hall–Kier alpha value is -1.55. The maximum atomic E-state index is 5.78. The van der Waals surface area contributed by atoms with Crippen molar-refractivity contribution in [2.75, 3.05) is 5.73 Å². The molecule has 1 heterocycles. The summed E-state index contributed by atoms with van der Waals surface area (Å²) in [5.74, 6) is 1.01. The topological polar surface area (TPSA) is 56.7 Å². The van der Waals surface area contributed by atoms with Gasteiger partial charge >= 0.3 is 0 Å². The third kappa shape index (κ3) is 1.56. The Labute approximate surface area is 86.3 Å². The van der Waals surface area contributed by atoms with Gasteiger partial charge in [0.25, 0.3) is 0 Å². The minimum atomic E-state index is 0.275. The van der Waals surface area contributed by atoms with Crippen LogP contribution in [0.4, 0.5) is 5.95 Å². The summed E-state index contributed by atoms with van der Waals surface area (Å²) < 4.78 is 1.64. The molecule has 0 atom stereocenters. The minimum Gasteiger partial charge on any atom is -0.366 e. The lowest BCUT2D eigenvalue weighted by molar-refractivity contribution is 0.778. The molecule has 0 aliphatic heterocycles. The van der Waals surface area contributed by atoms with Crippen molar-refractivity contribution in [1.29, 1.82) is 0 Å². The van der Waals surface area contributed by atoms with Crippen LogP contribution in [0.3, 0.4) is 0 Å². The van der Waals surface area contributed by atoms with Gasteiger partial charge in [-0.05, 0) is 24.3 Å². The lowest BCUT2D eigenvalue weighted by atomic mass is 10.2. The zero-order valence-electron chi connectivity index (χ0n) is 7.61. The van der Waals surface area contributed by atoms with Crippen molar-refractivity contribution in [2.24, 2.45) is 7.05 Å². The monoisotopic (exact) mass is 208 g/mol. The molecule has 0 saturated carbocycles. The van der Waals surface area contributed by atoms with E-state index in [9.17, 15) is 0 Å². The van der Waals surface area contributed by atoms with Crippen molar-refractivity contribution < 1.29 is 0 Å². The number of hydrogen-bond donors (Lipinski definition) is 1. The molecule has 2 N–H and O–H groups in total. The van der Waals surface area contributed by atoms with Crippen molar-refractivity contribution in [3.8, 4) is 11.4 Å². The van der Waals surface area contributed by atoms with Crippen LogP contribution in [-0.4, -0.2) is 14.8 Å². The highest BCUT2D eigenvalue weighted by Gasteiger charge is 2.06. The number of anilines is 1. The maximum Gasteiger partial charge on any atom is 0.240 e. The Morgan fingerprint density at radius 1 is 1.29 bits per heavy atom. The second-order valence-corrected chi connectivity index (χ2v) is 3.36. The lowest BCUT2D eigenvalue weighted by Crippen LogP contribution is -1.94. The number of aromatic nitrogens is 3. The predicted octanol–water partition coefficient (Wildman–Crippen LogP) is 1.72. The molecule has 0 unspecified atom stereocenters. The van der Waals surface area contributed by atoms with Gasteiger partial charge in [0.15, 0.2) is 5.82 Å². The molecule has 14 heavy (non-hydrogen) atoms. The van der Waals surface area contributed by atoms with Crippen LogP contribution in [0, 0.1) is 0 Å². The SMILES string of the molecule is Cn1nc(N)nc1-c1ccc(Cl)cc1. The highest BCUT2D eigenvalue weighted by molar-refractivity contribution is 6.30. The molecule has 2 aromatic rings. The third-order valence-electron chi connectivity index (χ3n) is 1.88. The molecule has 72 valence electrons. The van der Waals surface area contributed by atoms with Crippen LogP contribution in [0.15, 0.2) is 24.3 Å². The number of halogens is 1. The van der Waals surface area contributed by atoms with Gasteiger partial charge in [0.05, 0.1) is 0 Å². The van der Waals surface area contributed by atoms with E-state index in [0.29, 0.717) is 5.02 Å². The molecule has 4 nitrogen and oxygen atoms in total. The fourth-order valence-electron chi connectivity index (χ4n) is 1.25. The maximum absolute atomic E-state index is 5.78. The summed E-state index contributed by atoms with van der Waals surface area (Å²) in [5.41, 5.74) is 6.42. The first-order chi connectivity index (χ1) is 6.66. The largest absolute Gasteiger partial charge is 0.366 e. The Bertz CT molecular complexity index is 446. The summed E-state index contributed by atoms with van der Waals surface area (Å²) in [4.78, 5) is 4.10. The van der Waals surface area contributed by atoms with Gasteiger partial charge in [-0.25, -0.2) is 4.68 Å². The van der Waals surface area contributed by atoms with E-state index >= 15 is 0 Å². The number of hydrogen-bond acceptors (Lipinski definition) is 3. The van der Waals surface area contributed by atoms with Gasteiger partial charge in [0, 0.05) is 17.6 Å². The van der Waals surface area contributed by atoms with E-state index in [4.69, 9.17) is 17.3 Å². The Kier molecular flexibility index (Phi) is 2.13. The first kappa shape index (κ1) is 9.02. The summed E-state index contributed by atoms with van der Waals surface area (Å²) in [6, 6.07) is 7.38. The van der Waals surface area contributed by atoms with E-state index in [2.05, 4.69) is 10.1 Å². The standard InChI is InChI=1S/C9H9ClN4/c1-14-8(12-9(11)13-14)6-2-4-7(10)5-3-6/h2-5H,1H3,(H2,11,13). The minimum absolute atomic E-state index is 0.275. The molecule has 0 amide bonds. The van der Waals surface area contributed by atoms with Gasteiger partial charge in [-0.15, -0.1) is 5.10 Å². The van der Waals surface area contributed by atoms with Crippen molar-refractivity contribution in [2.45, 2.75) is 0 Å². The zero-order valence-corrected chi connectivity index (χ0v) is 8.36. The fraction of sp³-hybridized carbons (Fsp3) is 0.111. The van der Waals surface area contributed by atoms with Crippen LogP contribution in [-0.2, 0) is 7.05 Å². The first-order valence-corrected chi connectivity index (χ1v) is 4.47. The first-order valence-electron chi connectivity index (χ1n) is 4.09. The van der Waals surface area contributed by atoms with Gasteiger partial charge in [0.2, 0.25) is 5.95 Å². The lowest BCUT2D eigenvalue weighted by Gasteiger charge is -1.98. The molecule has 1 aromatic heterocycles. The van der Waals surface area contributed by atoms with Crippen LogP contribution in [0.1, 0.15) is 0 Å². The fourth-order valence-corrected chi connectivity index (χ4v) is 1.38. The number of nitrogens with two attached hydrogens (primary N) is 1. The van der Waals surface area contributed by atoms with Gasteiger partial charge in [-0.2, -0.15) is 4.98 Å². The van der Waals surface area contributed by atoms with Crippen molar-refractivity contribution >= 4 is 17.5 Å². The number of rotatable bonds is 1. The Morgan fingerprint density at radius 2 is 1.93 bits per heavy atom. The van der Waals surface area contributed by atoms with Crippen LogP contribution in [0.2, 0.25) is 5.02 Å². The van der Waals surface area contributed by atoms with Crippen LogP contribution in [0.25, 0.3) is 11.4 Å². The van der Waals surface area contributed by atoms with Gasteiger partial charge in [0.1, 0.15) is 0 Å². The van der Waals surface area contributed by atoms with Crippen molar-refractivity contribution in [3.05, 3.63) is 29.3 Å². The molecule has 0 spiro atoms. The summed E-state index contributed by atoms with van der Waals surface area (Å²) in [6.07, 6.45) is 0. The second kappa shape index (κ2) is 3.31. The Balaban J connectivity index is 2.49. The van der Waals surface area contributed by atoms with Gasteiger partial charge in [-0.3, -0.25) is 0 Å². The highest BCUT2D eigenvalue weighted by Crippen LogP contribution is 2.19. The molecule has 2 rings (SSSR count). The summed E-state index contributed by atoms with van der Waals surface area (Å²) >= 11 is 5.78. The number of nitrogens with zero attached hydrogens (tertiary/aromatic N) is 3. The van der Waals surface area contributed by atoms with E-state index in [0.717, 1.165) is 11.4 Å². The third-order valence-corrected chi connectivity index (χ3v) is 2.13. The summed E-state index contributed by atoms with van der Waals surface area (Å²) in [7, 11) is 1.80. The molecule has 0 saturated heterocycles. The van der Waals surface area contributed by atoms with Crippen LogP contribution < -0.4 is 5.73 Å². The number of benzene rings is 1. The van der Waals surface area contributed by atoms with Gasteiger partial charge in [-0.1, -0.05) is 11.6 Å². The Morgan fingerprint density at radius 3 is 2.43 bits per heavy atom. The summed E-state index contributed by atoms with van der Waals surface area (Å²) in [5, 5.41) is 4.66. The average molecular weight is 209 g/mol. The highest BCUT2D eigenvalue weighted by atomic mass is 35.5. The van der Waals surface area contributed by atoms with Crippen LogP contribution in [0.5, 0.6) is 0 Å². The van der Waals surface area contributed by atoms with E-state index in [-0.39, 0.29) is 5.95 Å². The van der Waals surface area contributed by atoms with Crippen molar-refractivity contribution in [1.82, 2.24) is 14.8 Å². The molecule has 0 bridgehead atoms. The van der Waals surface area contributed by atoms with Crippen molar-refractivity contribution in [3.63, 3.8) is 0 Å². The molecule has 5 heteroatoms. The molecular weight excluding hydrogens is 200 g/mol.